The van der Waals surface area contributed by atoms with Crippen LogP contribution in [0.5, 0.6) is 0 Å². The zero-order chi connectivity index (χ0) is 21.3. The molecule has 4 rings (SSSR count). The third-order valence-electron chi connectivity index (χ3n) is 4.96. The van der Waals surface area contributed by atoms with Crippen molar-refractivity contribution in [1.82, 2.24) is 23.8 Å². The lowest BCUT2D eigenvalue weighted by Crippen LogP contribution is -2.48. The van der Waals surface area contributed by atoms with E-state index in [1.807, 2.05) is 6.92 Å². The number of hydrogen-bond donors (Lipinski definition) is 0. The number of sulfonamides is 1. The van der Waals surface area contributed by atoms with Gasteiger partial charge >= 0.3 is 0 Å². The first-order chi connectivity index (χ1) is 14.4. The third-order valence-corrected chi connectivity index (χ3v) is 8.00. The predicted molar refractivity (Wildman–Crippen MR) is 113 cm³/mol. The highest BCUT2D eigenvalue weighted by atomic mass is 32.2. The van der Waals surface area contributed by atoms with Crippen molar-refractivity contribution in [3.8, 4) is 10.6 Å². The molecule has 0 aliphatic carbocycles. The Morgan fingerprint density at radius 1 is 1.13 bits per heavy atom. The molecule has 8 nitrogen and oxygen atoms in total. The molecule has 1 fully saturated rings. The minimum Gasteiger partial charge on any atom is -0.295 e. The molecular weight excluding hydrogens is 429 g/mol. The lowest BCUT2D eigenvalue weighted by molar-refractivity contribution is 0.180. The van der Waals surface area contributed by atoms with Gasteiger partial charge in [0.05, 0.1) is 11.4 Å². The van der Waals surface area contributed by atoms with E-state index >= 15 is 0 Å². The molecule has 1 saturated heterocycles. The van der Waals surface area contributed by atoms with E-state index in [9.17, 15) is 17.6 Å². The van der Waals surface area contributed by atoms with Crippen molar-refractivity contribution in [1.29, 1.82) is 0 Å². The van der Waals surface area contributed by atoms with Gasteiger partial charge in [0.15, 0.2) is 0 Å². The van der Waals surface area contributed by atoms with Crippen LogP contribution in [-0.2, 0) is 16.6 Å². The van der Waals surface area contributed by atoms with E-state index in [2.05, 4.69) is 15.0 Å². The van der Waals surface area contributed by atoms with E-state index in [4.69, 9.17) is 0 Å². The molecule has 1 aromatic carbocycles. The summed E-state index contributed by atoms with van der Waals surface area (Å²) in [6.07, 6.45) is 0.602. The molecule has 160 valence electrons. The predicted octanol–water partition coefficient (Wildman–Crippen LogP) is 1.81. The first-order valence-electron chi connectivity index (χ1n) is 9.71. The highest BCUT2D eigenvalue weighted by molar-refractivity contribution is 7.89. The Morgan fingerprint density at radius 3 is 2.50 bits per heavy atom. The maximum absolute atomic E-state index is 13.1. The molecule has 0 bridgehead atoms. The van der Waals surface area contributed by atoms with Crippen molar-refractivity contribution in [3.63, 3.8) is 0 Å². The average Bonchev–Trinajstić information content (AvgIpc) is 3.14. The van der Waals surface area contributed by atoms with Crippen molar-refractivity contribution < 1.29 is 12.8 Å². The molecule has 3 heterocycles. The van der Waals surface area contributed by atoms with Crippen LogP contribution in [-0.4, -0.2) is 64.2 Å². The Morgan fingerprint density at radius 2 is 1.83 bits per heavy atom. The lowest BCUT2D eigenvalue weighted by Gasteiger charge is -2.33. The monoisotopic (exact) mass is 451 g/mol. The minimum absolute atomic E-state index is 0.170. The fraction of sp³-hybridized carbons (Fsp3) is 0.421. The number of piperazine rings is 1. The first kappa shape index (κ1) is 21.0. The smallest absolute Gasteiger partial charge is 0.275 e. The lowest BCUT2D eigenvalue weighted by atomic mass is 10.2. The van der Waals surface area contributed by atoms with Crippen LogP contribution in [0.15, 0.2) is 35.1 Å². The number of halogens is 1. The van der Waals surface area contributed by atoms with Crippen molar-refractivity contribution >= 4 is 26.3 Å². The van der Waals surface area contributed by atoms with Gasteiger partial charge in [-0.1, -0.05) is 18.3 Å². The molecule has 0 amide bonds. The van der Waals surface area contributed by atoms with Gasteiger partial charge in [-0.15, -0.1) is 0 Å². The van der Waals surface area contributed by atoms with E-state index in [1.165, 1.54) is 38.4 Å². The molecule has 0 saturated carbocycles. The number of rotatable bonds is 6. The summed E-state index contributed by atoms with van der Waals surface area (Å²) in [4.78, 5) is 19.6. The van der Waals surface area contributed by atoms with Gasteiger partial charge in [-0.2, -0.15) is 13.9 Å². The summed E-state index contributed by atoms with van der Waals surface area (Å²) in [5.74, 6) is -0.163. The van der Waals surface area contributed by atoms with Gasteiger partial charge in [-0.25, -0.2) is 17.8 Å². The van der Waals surface area contributed by atoms with Crippen LogP contribution in [0.1, 0.15) is 19.0 Å². The number of benzene rings is 1. The van der Waals surface area contributed by atoms with Crippen molar-refractivity contribution in [2.24, 2.45) is 0 Å². The number of aromatic nitrogens is 3. The summed E-state index contributed by atoms with van der Waals surface area (Å²) >= 11 is 1.27. The molecular formula is C19H22FN5O3S2. The fourth-order valence-corrected chi connectivity index (χ4v) is 5.85. The molecule has 30 heavy (non-hydrogen) atoms. The molecule has 1 aliphatic heterocycles. The zero-order valence-electron chi connectivity index (χ0n) is 16.5. The Bertz CT molecular complexity index is 1200. The highest BCUT2D eigenvalue weighted by Crippen LogP contribution is 2.24. The van der Waals surface area contributed by atoms with Gasteiger partial charge in [-0.05, 0) is 30.7 Å². The van der Waals surface area contributed by atoms with Gasteiger partial charge in [0.1, 0.15) is 10.8 Å². The van der Waals surface area contributed by atoms with E-state index in [-0.39, 0.29) is 17.1 Å². The second kappa shape index (κ2) is 8.50. The molecule has 0 radical (unpaired) electrons. The van der Waals surface area contributed by atoms with Crippen LogP contribution >= 0.6 is 11.3 Å². The van der Waals surface area contributed by atoms with Crippen molar-refractivity contribution in [2.45, 2.75) is 19.9 Å². The number of nitrogens with zero attached hydrogens (tertiary/aromatic N) is 5. The topological polar surface area (TPSA) is 87.9 Å². The Kier molecular flexibility index (Phi) is 5.96. The second-order valence-electron chi connectivity index (χ2n) is 7.19. The maximum Gasteiger partial charge on any atom is 0.275 e. The van der Waals surface area contributed by atoms with Gasteiger partial charge < -0.3 is 0 Å². The fourth-order valence-electron chi connectivity index (χ4n) is 3.43. The summed E-state index contributed by atoms with van der Waals surface area (Å²) < 4.78 is 40.3. The van der Waals surface area contributed by atoms with Crippen molar-refractivity contribution in [2.75, 3.05) is 31.9 Å². The summed E-state index contributed by atoms with van der Waals surface area (Å²) in [6.45, 7) is 4.39. The van der Waals surface area contributed by atoms with E-state index in [0.29, 0.717) is 54.8 Å². The van der Waals surface area contributed by atoms with Crippen molar-refractivity contribution in [3.05, 3.63) is 52.2 Å². The van der Waals surface area contributed by atoms with E-state index < -0.39 is 10.0 Å². The van der Waals surface area contributed by atoms with E-state index in [1.54, 1.807) is 12.1 Å². The maximum atomic E-state index is 13.1. The van der Waals surface area contributed by atoms with Gasteiger partial charge in [-0.3, -0.25) is 9.69 Å². The van der Waals surface area contributed by atoms with Crippen LogP contribution in [0.3, 0.4) is 0 Å². The number of hydrogen-bond acceptors (Lipinski definition) is 7. The summed E-state index contributed by atoms with van der Waals surface area (Å²) in [5, 5.41) is 4.89. The molecule has 0 spiro atoms. The minimum atomic E-state index is -3.18. The van der Waals surface area contributed by atoms with Gasteiger partial charge in [0, 0.05) is 44.4 Å². The molecule has 2 aromatic heterocycles. The highest BCUT2D eigenvalue weighted by Gasteiger charge is 2.26. The van der Waals surface area contributed by atoms with Crippen LogP contribution in [0.2, 0.25) is 0 Å². The van der Waals surface area contributed by atoms with Crippen LogP contribution in [0, 0.1) is 5.82 Å². The SMILES string of the molecule is CCCS(=O)(=O)N1CCN(Cc2cc(=O)n3nc(-c4ccc(F)cc4)sc3n2)CC1. The first-order valence-corrected chi connectivity index (χ1v) is 12.1. The quantitative estimate of drug-likeness (QED) is 0.568. The normalized spacial score (nSPS) is 16.3. The largest absolute Gasteiger partial charge is 0.295 e. The van der Waals surface area contributed by atoms with Gasteiger partial charge in [0.2, 0.25) is 15.0 Å². The van der Waals surface area contributed by atoms with Gasteiger partial charge in [0.25, 0.3) is 5.56 Å². The summed E-state index contributed by atoms with van der Waals surface area (Å²) in [6, 6.07) is 7.39. The third kappa shape index (κ3) is 4.43. The van der Waals surface area contributed by atoms with Crippen LogP contribution in [0.4, 0.5) is 4.39 Å². The Hall–Kier alpha value is -2.21. The molecule has 11 heteroatoms. The molecule has 0 atom stereocenters. The molecule has 1 aliphatic rings. The number of fused-ring (bicyclic) bond motifs is 1. The van der Waals surface area contributed by atoms with E-state index in [0.717, 1.165) is 5.56 Å². The molecule has 0 unspecified atom stereocenters. The standard InChI is InChI=1S/C19H22FN5O3S2/c1-2-11-30(27,28)24-9-7-23(8-10-24)13-16-12-17(26)25-19(21-16)29-18(22-25)14-3-5-15(20)6-4-14/h3-6,12H,2,7-11,13H2,1H3. The Balaban J connectivity index is 1.49. The molecule has 3 aromatic rings. The molecule has 0 N–H and O–H groups in total. The Labute approximate surface area is 177 Å². The zero-order valence-corrected chi connectivity index (χ0v) is 18.1. The summed E-state index contributed by atoms with van der Waals surface area (Å²) in [7, 11) is -3.18. The van der Waals surface area contributed by atoms with Crippen LogP contribution in [0.25, 0.3) is 15.5 Å². The van der Waals surface area contributed by atoms with Crippen LogP contribution < -0.4 is 5.56 Å². The average molecular weight is 452 g/mol. The second-order valence-corrected chi connectivity index (χ2v) is 10.2. The summed E-state index contributed by atoms with van der Waals surface area (Å²) in [5.41, 5.74) is 1.07.